The van der Waals surface area contributed by atoms with Crippen LogP contribution in [0.4, 0.5) is 5.69 Å². The molecule has 2 amide bonds. The topological polar surface area (TPSA) is 58.2 Å². The van der Waals surface area contributed by atoms with Gasteiger partial charge in [0.15, 0.2) is 0 Å². The normalized spacial score (nSPS) is 10.6. The summed E-state index contributed by atoms with van der Waals surface area (Å²) < 4.78 is 0. The predicted octanol–water partition coefficient (Wildman–Crippen LogP) is 4.03. The van der Waals surface area contributed by atoms with Crippen LogP contribution in [0.15, 0.2) is 41.8 Å². The molecule has 4 nitrogen and oxygen atoms in total. The number of hydrogen-bond donors (Lipinski definition) is 2. The average Bonchev–Trinajstić information content (AvgIpc) is 3.09. The molecule has 0 spiro atoms. The predicted molar refractivity (Wildman–Crippen MR) is 107 cm³/mol. The highest BCUT2D eigenvalue weighted by Crippen LogP contribution is 2.13. The first kappa shape index (κ1) is 19.7. The Morgan fingerprint density at radius 2 is 1.92 bits per heavy atom. The van der Waals surface area contributed by atoms with Gasteiger partial charge in [0.25, 0.3) is 0 Å². The molecule has 1 heterocycles. The SMILES string of the molecule is CC(C)(C)C(=O)NCCCC(=O)Nc1cccc(C#Cc2cccs2)c1. The minimum Gasteiger partial charge on any atom is -0.356 e. The van der Waals surface area contributed by atoms with Crippen LogP contribution in [-0.2, 0) is 9.59 Å². The summed E-state index contributed by atoms with van der Waals surface area (Å²) in [6, 6.07) is 11.4. The molecule has 2 rings (SSSR count). The van der Waals surface area contributed by atoms with Gasteiger partial charge in [-0.2, -0.15) is 0 Å². The number of rotatable bonds is 5. The zero-order valence-electron chi connectivity index (χ0n) is 15.4. The van der Waals surface area contributed by atoms with Gasteiger partial charge in [0.05, 0.1) is 4.88 Å². The Morgan fingerprint density at radius 1 is 1.12 bits per heavy atom. The van der Waals surface area contributed by atoms with Gasteiger partial charge < -0.3 is 10.6 Å². The van der Waals surface area contributed by atoms with Crippen LogP contribution >= 0.6 is 11.3 Å². The Morgan fingerprint density at radius 3 is 2.62 bits per heavy atom. The second kappa shape index (κ2) is 9.21. The maximum absolute atomic E-state index is 12.1. The third-order valence-electron chi connectivity index (χ3n) is 3.54. The van der Waals surface area contributed by atoms with E-state index in [1.165, 1.54) is 0 Å². The van der Waals surface area contributed by atoms with Crippen LogP contribution in [0.5, 0.6) is 0 Å². The summed E-state index contributed by atoms with van der Waals surface area (Å²) in [6.07, 6.45) is 0.959. The summed E-state index contributed by atoms with van der Waals surface area (Å²) in [5, 5.41) is 7.71. The molecule has 0 saturated carbocycles. The van der Waals surface area contributed by atoms with Crippen molar-refractivity contribution in [1.29, 1.82) is 0 Å². The van der Waals surface area contributed by atoms with Crippen molar-refractivity contribution in [3.05, 3.63) is 52.2 Å². The van der Waals surface area contributed by atoms with Crippen molar-refractivity contribution < 1.29 is 9.59 Å². The van der Waals surface area contributed by atoms with Gasteiger partial charge in [-0.05, 0) is 36.1 Å². The molecule has 1 aromatic heterocycles. The first-order valence-electron chi connectivity index (χ1n) is 8.58. The molecule has 26 heavy (non-hydrogen) atoms. The molecule has 2 aromatic rings. The molecule has 1 aromatic carbocycles. The van der Waals surface area contributed by atoms with Crippen LogP contribution < -0.4 is 10.6 Å². The van der Waals surface area contributed by atoms with Crippen molar-refractivity contribution in [3.63, 3.8) is 0 Å². The summed E-state index contributed by atoms with van der Waals surface area (Å²) in [5.41, 5.74) is 1.17. The van der Waals surface area contributed by atoms with Crippen LogP contribution in [0, 0.1) is 17.3 Å². The van der Waals surface area contributed by atoms with E-state index < -0.39 is 5.41 Å². The van der Waals surface area contributed by atoms with Crippen LogP contribution in [0.25, 0.3) is 0 Å². The van der Waals surface area contributed by atoms with E-state index in [4.69, 9.17) is 0 Å². The highest BCUT2D eigenvalue weighted by Gasteiger charge is 2.20. The zero-order chi connectivity index (χ0) is 19.0. The molecule has 0 aliphatic heterocycles. The van der Waals surface area contributed by atoms with Crippen LogP contribution in [0.2, 0.25) is 0 Å². The van der Waals surface area contributed by atoms with E-state index in [1.54, 1.807) is 11.3 Å². The van der Waals surface area contributed by atoms with E-state index in [-0.39, 0.29) is 11.8 Å². The lowest BCUT2D eigenvalue weighted by atomic mass is 9.96. The molecule has 2 N–H and O–H groups in total. The van der Waals surface area contributed by atoms with E-state index in [9.17, 15) is 9.59 Å². The molecular weight excluding hydrogens is 344 g/mol. The first-order valence-corrected chi connectivity index (χ1v) is 9.46. The van der Waals surface area contributed by atoms with E-state index >= 15 is 0 Å². The summed E-state index contributed by atoms with van der Waals surface area (Å²) in [7, 11) is 0. The molecule has 0 saturated heterocycles. The Bertz CT molecular complexity index is 809. The number of hydrogen-bond acceptors (Lipinski definition) is 3. The van der Waals surface area contributed by atoms with Crippen LogP contribution in [-0.4, -0.2) is 18.4 Å². The zero-order valence-corrected chi connectivity index (χ0v) is 16.2. The number of anilines is 1. The molecule has 0 aliphatic carbocycles. The Hall–Kier alpha value is -2.58. The van der Waals surface area contributed by atoms with Crippen molar-refractivity contribution in [2.24, 2.45) is 5.41 Å². The monoisotopic (exact) mass is 368 g/mol. The standard InChI is InChI=1S/C21H24N2O2S/c1-21(2,3)20(25)22-13-5-10-19(24)23-17-8-4-7-16(15-17)11-12-18-9-6-14-26-18/h4,6-9,14-15H,5,10,13H2,1-3H3,(H,22,25)(H,23,24). The third-order valence-corrected chi connectivity index (χ3v) is 4.33. The second-order valence-corrected chi connectivity index (χ2v) is 7.91. The molecule has 0 unspecified atom stereocenters. The van der Waals surface area contributed by atoms with Gasteiger partial charge in [0.1, 0.15) is 0 Å². The van der Waals surface area contributed by atoms with E-state index in [0.717, 1.165) is 16.1 Å². The maximum atomic E-state index is 12.1. The molecule has 0 bridgehead atoms. The second-order valence-electron chi connectivity index (χ2n) is 6.97. The van der Waals surface area contributed by atoms with Crippen molar-refractivity contribution in [3.8, 4) is 11.8 Å². The Labute approximate surface area is 159 Å². The fourth-order valence-electron chi connectivity index (χ4n) is 2.10. The number of carbonyl (C=O) groups excluding carboxylic acids is 2. The van der Waals surface area contributed by atoms with E-state index in [1.807, 2.05) is 62.5 Å². The van der Waals surface area contributed by atoms with Gasteiger partial charge in [0.2, 0.25) is 11.8 Å². The van der Waals surface area contributed by atoms with Crippen LogP contribution in [0.3, 0.4) is 0 Å². The van der Waals surface area contributed by atoms with Gasteiger partial charge >= 0.3 is 0 Å². The minimum atomic E-state index is -0.410. The third kappa shape index (κ3) is 6.73. The van der Waals surface area contributed by atoms with Crippen molar-refractivity contribution >= 4 is 28.8 Å². The number of thiophene rings is 1. The van der Waals surface area contributed by atoms with Gasteiger partial charge in [-0.3, -0.25) is 9.59 Å². The Balaban J connectivity index is 1.80. The lowest BCUT2D eigenvalue weighted by Gasteiger charge is -2.17. The number of nitrogens with one attached hydrogen (secondary N) is 2. The van der Waals surface area contributed by atoms with Crippen molar-refractivity contribution in [2.75, 3.05) is 11.9 Å². The van der Waals surface area contributed by atoms with Gasteiger partial charge in [-0.1, -0.05) is 44.7 Å². The summed E-state index contributed by atoms with van der Waals surface area (Å²) in [5.74, 6) is 6.13. The lowest BCUT2D eigenvalue weighted by Crippen LogP contribution is -2.35. The minimum absolute atomic E-state index is 0.00470. The Kier molecular flexibility index (Phi) is 6.99. The highest BCUT2D eigenvalue weighted by molar-refractivity contribution is 7.10. The number of carbonyl (C=O) groups is 2. The quantitative estimate of drug-likeness (QED) is 0.618. The molecule has 5 heteroatoms. The summed E-state index contributed by atoms with van der Waals surface area (Å²) >= 11 is 1.60. The molecular formula is C21H24N2O2S. The number of benzene rings is 1. The molecule has 0 atom stereocenters. The van der Waals surface area contributed by atoms with E-state index in [0.29, 0.717) is 19.4 Å². The molecule has 0 aliphatic rings. The van der Waals surface area contributed by atoms with Crippen LogP contribution in [0.1, 0.15) is 44.1 Å². The number of amides is 2. The average molecular weight is 369 g/mol. The van der Waals surface area contributed by atoms with Crippen molar-refractivity contribution in [2.45, 2.75) is 33.6 Å². The summed E-state index contributed by atoms with van der Waals surface area (Å²) in [6.45, 7) is 6.09. The van der Waals surface area contributed by atoms with Gasteiger partial charge in [0, 0.05) is 29.6 Å². The molecule has 0 radical (unpaired) electrons. The smallest absolute Gasteiger partial charge is 0.225 e. The largest absolute Gasteiger partial charge is 0.356 e. The van der Waals surface area contributed by atoms with E-state index in [2.05, 4.69) is 22.5 Å². The molecule has 136 valence electrons. The van der Waals surface area contributed by atoms with Gasteiger partial charge in [-0.25, -0.2) is 0 Å². The van der Waals surface area contributed by atoms with Crippen molar-refractivity contribution in [1.82, 2.24) is 5.32 Å². The first-order chi connectivity index (χ1) is 12.3. The lowest BCUT2D eigenvalue weighted by molar-refractivity contribution is -0.128. The fraction of sp³-hybridized carbons (Fsp3) is 0.333. The molecule has 0 fully saturated rings. The summed E-state index contributed by atoms with van der Waals surface area (Å²) in [4.78, 5) is 24.8. The maximum Gasteiger partial charge on any atom is 0.225 e. The fourth-order valence-corrected chi connectivity index (χ4v) is 2.67. The highest BCUT2D eigenvalue weighted by atomic mass is 32.1. The van der Waals surface area contributed by atoms with Gasteiger partial charge in [-0.15, -0.1) is 11.3 Å².